The first-order valence-electron chi connectivity index (χ1n) is 11.4. The Kier molecular flexibility index (Phi) is 9.83. The van der Waals surface area contributed by atoms with Crippen LogP contribution >= 0.6 is 0 Å². The van der Waals surface area contributed by atoms with Gasteiger partial charge in [-0.15, -0.1) is 0 Å². The Morgan fingerprint density at radius 1 is 0.886 bits per heavy atom. The molecule has 248 valence electrons. The zero-order valence-electron chi connectivity index (χ0n) is 21.3. The lowest BCUT2D eigenvalue weighted by Crippen LogP contribution is -2.91. The first kappa shape index (κ1) is 37.1. The number of nitrogens with zero attached hydrogens (tertiary/aromatic N) is 2. The molecule has 24 heteroatoms. The Morgan fingerprint density at radius 2 is 1.41 bits per heavy atom. The van der Waals surface area contributed by atoms with Gasteiger partial charge in [-0.3, -0.25) is 4.79 Å². The van der Waals surface area contributed by atoms with E-state index in [4.69, 9.17) is 13.0 Å². The highest BCUT2D eigenvalue weighted by molar-refractivity contribution is 6.15. The van der Waals surface area contributed by atoms with Gasteiger partial charge in [0, 0.05) is 25.2 Å². The molecule has 0 saturated carbocycles. The summed E-state index contributed by atoms with van der Waals surface area (Å²) in [6.45, 7) is -1.97. The zero-order valence-corrected chi connectivity index (χ0v) is 21.3. The Balaban J connectivity index is 2.61. The average Bonchev–Trinajstić information content (AvgIpc) is 2.80. The summed E-state index contributed by atoms with van der Waals surface area (Å²) in [5.74, 6) is -16.3. The lowest BCUT2D eigenvalue weighted by atomic mass is 9.80. The minimum Gasteiger partial charge on any atom is -0.481 e. The normalized spacial score (nSPS) is 22.2. The van der Waals surface area contributed by atoms with Gasteiger partial charge in [0.15, 0.2) is 5.62 Å². The van der Waals surface area contributed by atoms with Crippen LogP contribution in [-0.4, -0.2) is 119 Å². The van der Waals surface area contributed by atoms with Gasteiger partial charge in [0.05, 0.1) is 5.56 Å². The maximum Gasteiger partial charge on any atom is 0.434 e. The van der Waals surface area contributed by atoms with Crippen molar-refractivity contribution in [2.45, 2.75) is 67.4 Å². The van der Waals surface area contributed by atoms with Crippen LogP contribution in [0.5, 0.6) is 0 Å². The number of aliphatic hydroxyl groups is 7. The third-order valence-electron chi connectivity index (χ3n) is 6.00. The zero-order chi connectivity index (χ0) is 34.5. The van der Waals surface area contributed by atoms with Crippen LogP contribution in [0.15, 0.2) is 18.2 Å². The van der Waals surface area contributed by atoms with Crippen LogP contribution in [0.4, 0.5) is 50.0 Å². The quantitative estimate of drug-likeness (QED) is 0.0740. The van der Waals surface area contributed by atoms with Crippen molar-refractivity contribution in [1.82, 2.24) is 9.80 Å². The van der Waals surface area contributed by atoms with Crippen LogP contribution in [0.25, 0.3) is 0 Å². The highest BCUT2D eigenvalue weighted by Gasteiger charge is 2.77. The number of piperazine rings is 1. The second kappa shape index (κ2) is 11.7. The highest BCUT2D eigenvalue weighted by atomic mass is 19.4. The van der Waals surface area contributed by atoms with E-state index in [1.165, 1.54) is 0 Å². The molecule has 1 aromatic carbocycles. The van der Waals surface area contributed by atoms with E-state index >= 15 is 0 Å². The molecule has 0 aliphatic carbocycles. The average molecular weight is 661 g/mol. The lowest BCUT2D eigenvalue weighted by Gasteiger charge is -2.62. The Bertz CT molecular complexity index is 1200. The molecule has 2 radical (unpaired) electrons. The van der Waals surface area contributed by atoms with E-state index in [0.29, 0.717) is 18.2 Å². The molecule has 1 fully saturated rings. The molecule has 0 bridgehead atoms. The molecule has 9 N–H and O–H groups in total. The summed E-state index contributed by atoms with van der Waals surface area (Å²) in [5.41, 5.74) is -7.13. The van der Waals surface area contributed by atoms with E-state index in [9.17, 15) is 84.8 Å². The molecule has 0 spiro atoms. The Hall–Kier alpha value is -3.13. The Morgan fingerprint density at radius 3 is 1.86 bits per heavy atom. The molecule has 1 amide bonds. The van der Waals surface area contributed by atoms with Crippen LogP contribution in [0.1, 0.15) is 24.0 Å². The summed E-state index contributed by atoms with van der Waals surface area (Å²) >= 11 is 0. The van der Waals surface area contributed by atoms with Crippen LogP contribution < -0.4 is 5.32 Å². The van der Waals surface area contributed by atoms with E-state index < -0.39 is 99.6 Å². The van der Waals surface area contributed by atoms with Crippen molar-refractivity contribution >= 4 is 25.6 Å². The van der Waals surface area contributed by atoms with Gasteiger partial charge in [-0.1, -0.05) is 6.07 Å². The maximum atomic E-state index is 13.3. The molecule has 1 heterocycles. The number of carboxylic acid groups (broad SMARTS) is 1. The smallest absolute Gasteiger partial charge is 0.434 e. The number of hydrogen-bond donors (Lipinski definition) is 9. The molecular weight excluding hydrogens is 640 g/mol. The number of amides is 1. The molecule has 1 aliphatic rings. The van der Waals surface area contributed by atoms with Gasteiger partial charge in [-0.2, -0.15) is 44.4 Å². The summed E-state index contributed by atoms with van der Waals surface area (Å²) in [6.07, 6.45) is -27.2. The van der Waals surface area contributed by atoms with E-state index in [0.717, 1.165) is 0 Å². The fraction of sp³-hybridized carbons (Fsp3) is 0.600. The monoisotopic (exact) mass is 661 g/mol. The van der Waals surface area contributed by atoms with Crippen LogP contribution in [0.2, 0.25) is 0 Å². The van der Waals surface area contributed by atoms with Crippen LogP contribution in [0, 0.1) is 0 Å². The fourth-order valence-corrected chi connectivity index (χ4v) is 3.78. The molecule has 1 unspecified atom stereocenters. The van der Waals surface area contributed by atoms with E-state index in [-0.39, 0.29) is 13.0 Å². The van der Waals surface area contributed by atoms with Gasteiger partial charge >= 0.3 is 42.4 Å². The summed E-state index contributed by atoms with van der Waals surface area (Å²) < 4.78 is 120. The predicted molar refractivity (Wildman–Crippen MR) is 119 cm³/mol. The first-order valence-corrected chi connectivity index (χ1v) is 11.4. The van der Waals surface area contributed by atoms with Crippen molar-refractivity contribution in [2.24, 2.45) is 0 Å². The van der Waals surface area contributed by atoms with Gasteiger partial charge in [-0.25, -0.2) is 9.69 Å². The first-order chi connectivity index (χ1) is 19.5. The van der Waals surface area contributed by atoms with Crippen LogP contribution in [0.3, 0.4) is 0 Å². The van der Waals surface area contributed by atoms with Crippen molar-refractivity contribution in [2.75, 3.05) is 11.9 Å². The topological polar surface area (TPSA) is 224 Å². The van der Waals surface area contributed by atoms with E-state index in [1.807, 2.05) is 0 Å². The fourth-order valence-electron chi connectivity index (χ4n) is 3.78. The molecular formula is C20H21BF9N3O11. The van der Waals surface area contributed by atoms with Gasteiger partial charge in [-0.05, 0) is 24.1 Å². The van der Waals surface area contributed by atoms with Crippen molar-refractivity contribution in [3.63, 3.8) is 0 Å². The van der Waals surface area contributed by atoms with Crippen molar-refractivity contribution in [3.05, 3.63) is 29.3 Å². The Labute approximate surface area is 239 Å². The number of carbonyl (C=O) groups is 2. The highest BCUT2D eigenvalue weighted by Crippen LogP contribution is 2.46. The predicted octanol–water partition coefficient (Wildman–Crippen LogP) is -0.541. The molecule has 0 aromatic heterocycles. The molecule has 1 atom stereocenters. The largest absolute Gasteiger partial charge is 0.481 e. The van der Waals surface area contributed by atoms with E-state index in [2.05, 4.69) is 10.1 Å². The third-order valence-corrected chi connectivity index (χ3v) is 6.00. The number of halogens is 9. The van der Waals surface area contributed by atoms with Gasteiger partial charge in [0.1, 0.15) is 7.85 Å². The molecule has 1 saturated heterocycles. The maximum absolute atomic E-state index is 13.3. The minimum absolute atomic E-state index is 0.222. The second-order valence-electron chi connectivity index (χ2n) is 9.19. The molecule has 44 heavy (non-hydrogen) atoms. The number of nitrogens with one attached hydrogen (secondary N) is 1. The number of aliphatic carboxylic acids is 1. The minimum atomic E-state index is -6.47. The molecule has 1 aromatic rings. The van der Waals surface area contributed by atoms with Gasteiger partial charge in [0.2, 0.25) is 0 Å². The number of ether oxygens (including phenoxy) is 1. The second-order valence-corrected chi connectivity index (χ2v) is 9.19. The number of rotatable bonds is 8. The summed E-state index contributed by atoms with van der Waals surface area (Å²) in [6, 6.07) is 1.21. The van der Waals surface area contributed by atoms with E-state index in [1.54, 1.807) is 0 Å². The molecule has 14 nitrogen and oxygen atoms in total. The number of carboxylic acids is 1. The number of carbonyl (C=O) groups excluding carboxylic acids is 1. The SMILES string of the molecule is [B]C1(O)N(Cc2ccc(C(F)(F)F)cc2NCCCC(=O)O)C(O)(O)C(O)(O)N(C(=O)OC(C(F)(F)F)C(F)(F)F)C1(O)O. The summed E-state index contributed by atoms with van der Waals surface area (Å²) in [4.78, 5) is 20.4. The lowest BCUT2D eigenvalue weighted by molar-refractivity contribution is -0.557. The van der Waals surface area contributed by atoms with Crippen molar-refractivity contribution in [3.8, 4) is 0 Å². The number of anilines is 1. The number of benzene rings is 1. The van der Waals surface area contributed by atoms with Crippen molar-refractivity contribution in [1.29, 1.82) is 0 Å². The molecule has 2 rings (SSSR count). The van der Waals surface area contributed by atoms with Crippen LogP contribution in [-0.2, 0) is 22.3 Å². The summed E-state index contributed by atoms with van der Waals surface area (Å²) in [7, 11) is 5.26. The number of hydrogen-bond acceptors (Lipinski definition) is 12. The summed E-state index contributed by atoms with van der Waals surface area (Å²) in [5, 5.41) is 83.9. The van der Waals surface area contributed by atoms with Gasteiger partial charge < -0.3 is 50.9 Å². The van der Waals surface area contributed by atoms with Gasteiger partial charge in [0.25, 0.3) is 12.0 Å². The number of alkyl halides is 9. The molecule has 1 aliphatic heterocycles. The standard InChI is InChI=1S/C20H21BF9N3O11/c21-17(37)18(38,39)33(13(36)44-12(15(25,26)27)16(28,29)30)20(42,43)19(40,41)32(17)7-8-3-4-9(14(22,23)24)6-10(8)31-5-1-2-11(34)35/h3-4,6,12,31,37-43H,1-2,5,7H2,(H,34,35). The van der Waals surface area contributed by atoms with Crippen molar-refractivity contribution < 1.29 is 94.7 Å². The third kappa shape index (κ3) is 7.06.